The molecule has 18 heavy (non-hydrogen) atoms. The van der Waals surface area contributed by atoms with Gasteiger partial charge in [-0.15, -0.1) is 0 Å². The van der Waals surface area contributed by atoms with Gasteiger partial charge in [0.25, 0.3) is 0 Å². The largest absolute Gasteiger partial charge is 0.465 e. The minimum Gasteiger partial charge on any atom is -0.465 e. The molecule has 1 aromatic heterocycles. The van der Waals surface area contributed by atoms with E-state index in [1.807, 2.05) is 0 Å². The number of carbonyl (C=O) groups is 1. The number of benzene rings is 1. The summed E-state index contributed by atoms with van der Waals surface area (Å²) in [6.45, 7) is 0. The van der Waals surface area contributed by atoms with Crippen LogP contribution in [-0.2, 0) is 4.74 Å². The lowest BCUT2D eigenvalue weighted by molar-refractivity contribution is 0.0595. The minimum atomic E-state index is -0.757. The van der Waals surface area contributed by atoms with E-state index >= 15 is 0 Å². The summed E-state index contributed by atoms with van der Waals surface area (Å²) >= 11 is 0. The molecule has 0 amide bonds. The summed E-state index contributed by atoms with van der Waals surface area (Å²) in [6, 6.07) is 8.59. The Labute approximate surface area is 102 Å². The number of carbonyl (C=O) groups excluding carboxylic acids is 1. The first-order valence-corrected chi connectivity index (χ1v) is 5.19. The molecule has 0 saturated carbocycles. The summed E-state index contributed by atoms with van der Waals surface area (Å²) in [5.74, 6) is -1.42. The van der Waals surface area contributed by atoms with Crippen LogP contribution in [0.2, 0.25) is 0 Å². The lowest BCUT2D eigenvalue weighted by atomic mass is 10.1. The second-order valence-corrected chi connectivity index (χ2v) is 3.61. The molecule has 0 aliphatic rings. The van der Waals surface area contributed by atoms with Gasteiger partial charge in [0.1, 0.15) is 5.82 Å². The van der Waals surface area contributed by atoms with Crippen LogP contribution >= 0.6 is 0 Å². The number of ether oxygens (including phenoxy) is 1. The number of H-pyrrole nitrogens is 1. The Balaban J connectivity index is 2.53. The Hall–Kier alpha value is -2.43. The van der Waals surface area contributed by atoms with Crippen LogP contribution in [0, 0.1) is 5.82 Å². The van der Waals surface area contributed by atoms with Crippen molar-refractivity contribution >= 4 is 5.97 Å². The number of pyridine rings is 1. The van der Waals surface area contributed by atoms with E-state index in [0.717, 1.165) is 6.07 Å². The normalized spacial score (nSPS) is 10.1. The number of nitrogens with one attached hydrogen (secondary N) is 1. The summed E-state index contributed by atoms with van der Waals surface area (Å²) in [5, 5.41) is 0. The van der Waals surface area contributed by atoms with E-state index in [2.05, 4.69) is 9.72 Å². The van der Waals surface area contributed by atoms with Crippen molar-refractivity contribution < 1.29 is 13.9 Å². The third-order valence-corrected chi connectivity index (χ3v) is 2.45. The summed E-state index contributed by atoms with van der Waals surface area (Å²) < 4.78 is 17.9. The van der Waals surface area contributed by atoms with Crippen LogP contribution in [0.1, 0.15) is 10.4 Å². The minimum absolute atomic E-state index is 0.167. The highest BCUT2D eigenvalue weighted by molar-refractivity contribution is 5.91. The fourth-order valence-corrected chi connectivity index (χ4v) is 1.58. The first-order valence-electron chi connectivity index (χ1n) is 5.19. The lowest BCUT2D eigenvalue weighted by Gasteiger charge is -2.05. The van der Waals surface area contributed by atoms with Gasteiger partial charge in [0.2, 0.25) is 5.56 Å². The Kier molecular flexibility index (Phi) is 3.23. The molecular formula is C13H10FNO3. The molecule has 0 saturated heterocycles. The molecule has 2 aromatic rings. The van der Waals surface area contributed by atoms with Gasteiger partial charge in [-0.25, -0.2) is 9.18 Å². The van der Waals surface area contributed by atoms with Gasteiger partial charge in [0.15, 0.2) is 0 Å². The topological polar surface area (TPSA) is 59.2 Å². The first kappa shape index (κ1) is 12.0. The van der Waals surface area contributed by atoms with Crippen molar-refractivity contribution in [2.45, 2.75) is 0 Å². The third kappa shape index (κ3) is 2.29. The predicted molar refractivity (Wildman–Crippen MR) is 63.8 cm³/mol. The number of aromatic nitrogens is 1. The fraction of sp³-hybridized carbons (Fsp3) is 0.0769. The van der Waals surface area contributed by atoms with Crippen LogP contribution in [0.3, 0.4) is 0 Å². The molecule has 0 fully saturated rings. The molecule has 0 aliphatic heterocycles. The van der Waals surface area contributed by atoms with E-state index in [4.69, 9.17) is 0 Å². The number of halogens is 1. The Morgan fingerprint density at radius 3 is 2.72 bits per heavy atom. The van der Waals surface area contributed by atoms with Gasteiger partial charge in [-0.2, -0.15) is 0 Å². The molecule has 0 radical (unpaired) electrons. The highest BCUT2D eigenvalue weighted by atomic mass is 19.1. The molecule has 5 heteroatoms. The summed E-state index contributed by atoms with van der Waals surface area (Å²) in [5.41, 5.74) is 0.610. The Morgan fingerprint density at radius 1 is 1.28 bits per heavy atom. The van der Waals surface area contributed by atoms with Crippen molar-refractivity contribution in [1.82, 2.24) is 4.98 Å². The van der Waals surface area contributed by atoms with E-state index in [0.29, 0.717) is 11.3 Å². The molecule has 0 atom stereocenters. The predicted octanol–water partition coefficient (Wildman–Crippen LogP) is 1.97. The lowest BCUT2D eigenvalue weighted by Crippen LogP contribution is -2.06. The number of hydrogen-bond donors (Lipinski definition) is 1. The van der Waals surface area contributed by atoms with Crippen molar-refractivity contribution in [3.05, 3.63) is 58.1 Å². The molecule has 0 bridgehead atoms. The van der Waals surface area contributed by atoms with Crippen LogP contribution in [0.5, 0.6) is 0 Å². The number of aromatic amines is 1. The van der Waals surface area contributed by atoms with E-state index in [-0.39, 0.29) is 11.1 Å². The maximum Gasteiger partial charge on any atom is 0.340 e. The highest BCUT2D eigenvalue weighted by Gasteiger charge is 2.13. The van der Waals surface area contributed by atoms with Gasteiger partial charge in [0, 0.05) is 11.8 Å². The second-order valence-electron chi connectivity index (χ2n) is 3.61. The van der Waals surface area contributed by atoms with Crippen molar-refractivity contribution in [3.63, 3.8) is 0 Å². The molecule has 1 N–H and O–H groups in total. The smallest absolute Gasteiger partial charge is 0.340 e. The number of esters is 1. The monoisotopic (exact) mass is 247 g/mol. The number of rotatable bonds is 2. The van der Waals surface area contributed by atoms with Crippen molar-refractivity contribution in [1.29, 1.82) is 0 Å². The molecule has 0 aliphatic carbocycles. The quantitative estimate of drug-likeness (QED) is 0.825. The number of methoxy groups -OCH3 is 1. The molecule has 1 aromatic carbocycles. The standard InChI is InChI=1S/C13H10FNO3/c1-18-13(17)9-7-8(5-6-10(9)14)11-3-2-4-12(16)15-11/h2-7H,1H3,(H,15,16). The van der Waals surface area contributed by atoms with Gasteiger partial charge in [-0.1, -0.05) is 6.07 Å². The molecule has 1 heterocycles. The molecule has 0 spiro atoms. The van der Waals surface area contributed by atoms with Gasteiger partial charge < -0.3 is 9.72 Å². The molecule has 0 unspecified atom stereocenters. The van der Waals surface area contributed by atoms with Crippen LogP contribution < -0.4 is 5.56 Å². The summed E-state index contributed by atoms with van der Waals surface area (Å²) in [7, 11) is 1.18. The molecule has 2 rings (SSSR count). The highest BCUT2D eigenvalue weighted by Crippen LogP contribution is 2.19. The van der Waals surface area contributed by atoms with E-state index < -0.39 is 11.8 Å². The van der Waals surface area contributed by atoms with E-state index in [1.165, 1.54) is 25.3 Å². The van der Waals surface area contributed by atoms with Crippen LogP contribution in [0.15, 0.2) is 41.2 Å². The van der Waals surface area contributed by atoms with Crippen molar-refractivity contribution in [2.75, 3.05) is 7.11 Å². The summed E-state index contributed by atoms with van der Waals surface area (Å²) in [4.78, 5) is 25.1. The zero-order chi connectivity index (χ0) is 13.1. The van der Waals surface area contributed by atoms with Crippen molar-refractivity contribution in [3.8, 4) is 11.3 Å². The van der Waals surface area contributed by atoms with Gasteiger partial charge in [-0.05, 0) is 29.8 Å². The van der Waals surface area contributed by atoms with Crippen LogP contribution in [0.25, 0.3) is 11.3 Å². The third-order valence-electron chi connectivity index (χ3n) is 2.45. The average molecular weight is 247 g/mol. The second kappa shape index (κ2) is 4.83. The maximum atomic E-state index is 13.4. The maximum absolute atomic E-state index is 13.4. The first-order chi connectivity index (χ1) is 8.61. The molecular weight excluding hydrogens is 237 g/mol. The van der Waals surface area contributed by atoms with Gasteiger partial charge in [-0.3, -0.25) is 4.79 Å². The fourth-order valence-electron chi connectivity index (χ4n) is 1.58. The van der Waals surface area contributed by atoms with Crippen LogP contribution in [0.4, 0.5) is 4.39 Å². The molecule has 4 nitrogen and oxygen atoms in total. The zero-order valence-electron chi connectivity index (χ0n) is 9.57. The Morgan fingerprint density at radius 2 is 2.06 bits per heavy atom. The van der Waals surface area contributed by atoms with Crippen LogP contribution in [-0.4, -0.2) is 18.1 Å². The average Bonchev–Trinajstić information content (AvgIpc) is 2.38. The SMILES string of the molecule is COC(=O)c1cc(-c2cccc(=O)[nH]2)ccc1F. The van der Waals surface area contributed by atoms with E-state index in [9.17, 15) is 14.0 Å². The van der Waals surface area contributed by atoms with Gasteiger partial charge >= 0.3 is 5.97 Å². The molecule has 92 valence electrons. The van der Waals surface area contributed by atoms with E-state index in [1.54, 1.807) is 12.1 Å². The van der Waals surface area contributed by atoms with Crippen molar-refractivity contribution in [2.24, 2.45) is 0 Å². The number of hydrogen-bond acceptors (Lipinski definition) is 3. The summed E-state index contributed by atoms with van der Waals surface area (Å²) in [6.07, 6.45) is 0. The zero-order valence-corrected chi connectivity index (χ0v) is 9.57. The Bertz CT molecular complexity index is 649. The van der Waals surface area contributed by atoms with Gasteiger partial charge in [0.05, 0.1) is 12.7 Å².